The number of amides is 1. The standard InChI is InChI=1S/C37H44ClF4N3O5/c1-7-50-33(47)17-30(27-14-25(15-29(38)35(27)39)34-22(4)9-8-10-23(34)5)43-36(48)31(13-21(2)3)45-18-24(11-12-44-19-26(20-44)49-6)28(16-32(45)46)37(40,41)42/h8-10,14-16,18,21,26,30-31H,7,11-13,17,19-20H2,1-6H3,(H,43,48). The second kappa shape index (κ2) is 16.5. The van der Waals surface area contributed by atoms with Crippen molar-refractivity contribution >= 4 is 23.5 Å². The summed E-state index contributed by atoms with van der Waals surface area (Å²) in [7, 11) is 1.57. The summed E-state index contributed by atoms with van der Waals surface area (Å²) in [4.78, 5) is 42.3. The highest BCUT2D eigenvalue weighted by Gasteiger charge is 2.37. The van der Waals surface area contributed by atoms with Gasteiger partial charge in [-0.25, -0.2) is 4.39 Å². The predicted molar refractivity (Wildman–Crippen MR) is 184 cm³/mol. The lowest BCUT2D eigenvalue weighted by Gasteiger charge is -2.38. The maximum Gasteiger partial charge on any atom is 0.416 e. The first-order chi connectivity index (χ1) is 23.5. The van der Waals surface area contributed by atoms with Crippen LogP contribution in [-0.2, 0) is 31.7 Å². The molecule has 0 aliphatic carbocycles. The van der Waals surface area contributed by atoms with Gasteiger partial charge in [-0.1, -0.05) is 43.6 Å². The van der Waals surface area contributed by atoms with Crippen LogP contribution in [0.15, 0.2) is 47.4 Å². The van der Waals surface area contributed by atoms with E-state index in [0.29, 0.717) is 31.3 Å². The number of methoxy groups -OCH3 is 1. The monoisotopic (exact) mass is 721 g/mol. The van der Waals surface area contributed by atoms with Crippen LogP contribution >= 0.6 is 11.6 Å². The molecule has 1 saturated heterocycles. The van der Waals surface area contributed by atoms with E-state index >= 15 is 4.39 Å². The molecule has 0 radical (unpaired) electrons. The van der Waals surface area contributed by atoms with Gasteiger partial charge < -0.3 is 19.4 Å². The Morgan fingerprint density at radius 2 is 1.76 bits per heavy atom. The van der Waals surface area contributed by atoms with Gasteiger partial charge in [0.05, 0.1) is 35.8 Å². The molecular formula is C37H44ClF4N3O5. The van der Waals surface area contributed by atoms with Crippen molar-refractivity contribution in [1.82, 2.24) is 14.8 Å². The molecule has 1 aliphatic heterocycles. The van der Waals surface area contributed by atoms with Crippen LogP contribution in [0.5, 0.6) is 0 Å². The van der Waals surface area contributed by atoms with Gasteiger partial charge in [-0.15, -0.1) is 0 Å². The second-order valence-electron chi connectivity index (χ2n) is 13.2. The molecule has 0 bridgehead atoms. The Bertz CT molecular complexity index is 1730. The number of rotatable bonds is 14. The number of ether oxygens (including phenoxy) is 2. The molecule has 4 rings (SSSR count). The van der Waals surface area contributed by atoms with E-state index in [9.17, 15) is 27.6 Å². The number of nitrogens with zero attached hydrogens (tertiary/aromatic N) is 2. The zero-order chi connectivity index (χ0) is 36.9. The molecule has 2 unspecified atom stereocenters. The van der Waals surface area contributed by atoms with E-state index in [2.05, 4.69) is 5.32 Å². The Morgan fingerprint density at radius 1 is 1.10 bits per heavy atom. The van der Waals surface area contributed by atoms with Crippen LogP contribution in [0.3, 0.4) is 0 Å². The van der Waals surface area contributed by atoms with Gasteiger partial charge in [0.25, 0.3) is 5.56 Å². The summed E-state index contributed by atoms with van der Waals surface area (Å²) >= 11 is 6.40. The van der Waals surface area contributed by atoms with Gasteiger partial charge in [0, 0.05) is 44.6 Å². The molecule has 0 saturated carbocycles. The highest BCUT2D eigenvalue weighted by Crippen LogP contribution is 2.36. The summed E-state index contributed by atoms with van der Waals surface area (Å²) in [6.07, 6.45) is -4.12. The number of esters is 1. The summed E-state index contributed by atoms with van der Waals surface area (Å²) in [6, 6.07) is 6.61. The number of likely N-dealkylation sites (tertiary alicyclic amines) is 1. The number of hydrogen-bond acceptors (Lipinski definition) is 6. The van der Waals surface area contributed by atoms with Crippen LogP contribution < -0.4 is 10.9 Å². The van der Waals surface area contributed by atoms with Crippen molar-refractivity contribution in [2.24, 2.45) is 5.92 Å². The van der Waals surface area contributed by atoms with Gasteiger partial charge in [-0.05, 0) is 79.5 Å². The van der Waals surface area contributed by atoms with Gasteiger partial charge in [0.2, 0.25) is 5.91 Å². The van der Waals surface area contributed by atoms with Gasteiger partial charge in [0.15, 0.2) is 0 Å². The number of hydrogen-bond donors (Lipinski definition) is 1. The van der Waals surface area contributed by atoms with Crippen molar-refractivity contribution < 1.29 is 36.6 Å². The van der Waals surface area contributed by atoms with E-state index in [1.807, 2.05) is 36.9 Å². The van der Waals surface area contributed by atoms with Crippen molar-refractivity contribution in [3.8, 4) is 11.1 Å². The molecule has 2 heterocycles. The number of aryl methyl sites for hydroxylation is 2. The molecule has 1 N–H and O–H groups in total. The van der Waals surface area contributed by atoms with Crippen molar-refractivity contribution in [3.05, 3.63) is 91.6 Å². The fourth-order valence-corrected chi connectivity index (χ4v) is 6.62. The van der Waals surface area contributed by atoms with E-state index in [0.717, 1.165) is 27.5 Å². The topological polar surface area (TPSA) is 89.9 Å². The summed E-state index contributed by atoms with van der Waals surface area (Å²) in [5, 5.41) is 2.50. The van der Waals surface area contributed by atoms with Gasteiger partial charge in [-0.2, -0.15) is 13.2 Å². The van der Waals surface area contributed by atoms with Crippen LogP contribution in [0.4, 0.5) is 17.6 Å². The molecule has 272 valence electrons. The number of benzene rings is 2. The fourth-order valence-electron chi connectivity index (χ4n) is 6.40. The van der Waals surface area contributed by atoms with E-state index in [1.54, 1.807) is 27.9 Å². The number of alkyl halides is 3. The highest BCUT2D eigenvalue weighted by molar-refractivity contribution is 6.31. The van der Waals surface area contributed by atoms with Crippen molar-refractivity contribution in [3.63, 3.8) is 0 Å². The van der Waals surface area contributed by atoms with Crippen molar-refractivity contribution in [1.29, 1.82) is 0 Å². The Hall–Kier alpha value is -3.74. The van der Waals surface area contributed by atoms with Gasteiger partial charge >= 0.3 is 12.1 Å². The Balaban J connectivity index is 1.77. The quantitative estimate of drug-likeness (QED) is 0.140. The van der Waals surface area contributed by atoms with Crippen LogP contribution in [-0.4, -0.2) is 60.8 Å². The normalized spacial score (nSPS) is 15.1. The number of nitrogens with one attached hydrogen (secondary N) is 1. The zero-order valence-corrected chi connectivity index (χ0v) is 29.9. The zero-order valence-electron chi connectivity index (χ0n) is 29.1. The van der Waals surface area contributed by atoms with Gasteiger partial charge in [0.1, 0.15) is 11.9 Å². The second-order valence-corrected chi connectivity index (χ2v) is 13.6. The Morgan fingerprint density at radius 3 is 2.34 bits per heavy atom. The Labute approximate surface area is 294 Å². The molecule has 2 atom stereocenters. The van der Waals surface area contributed by atoms with Crippen LogP contribution in [0.2, 0.25) is 5.02 Å². The molecule has 1 fully saturated rings. The minimum Gasteiger partial charge on any atom is -0.466 e. The average molecular weight is 722 g/mol. The molecule has 3 aromatic rings. The summed E-state index contributed by atoms with van der Waals surface area (Å²) in [5.74, 6) is -2.54. The molecule has 50 heavy (non-hydrogen) atoms. The molecular weight excluding hydrogens is 678 g/mol. The maximum absolute atomic E-state index is 15.9. The maximum atomic E-state index is 15.9. The third kappa shape index (κ3) is 9.32. The highest BCUT2D eigenvalue weighted by atomic mass is 35.5. The predicted octanol–water partition coefficient (Wildman–Crippen LogP) is 7.21. The van der Waals surface area contributed by atoms with Crippen LogP contribution in [0, 0.1) is 25.6 Å². The molecule has 0 spiro atoms. The van der Waals surface area contributed by atoms with E-state index in [1.165, 1.54) is 12.1 Å². The number of carbonyl (C=O) groups is 2. The number of aromatic nitrogens is 1. The van der Waals surface area contributed by atoms with Crippen LogP contribution in [0.1, 0.15) is 73.5 Å². The van der Waals surface area contributed by atoms with E-state index in [4.69, 9.17) is 21.1 Å². The minimum atomic E-state index is -4.80. The molecule has 2 aromatic carbocycles. The largest absolute Gasteiger partial charge is 0.466 e. The van der Waals surface area contributed by atoms with E-state index in [-0.39, 0.29) is 47.6 Å². The fraction of sp³-hybridized carbons (Fsp3) is 0.486. The molecule has 1 aliphatic rings. The number of carbonyl (C=O) groups excluding carboxylic acids is 2. The van der Waals surface area contributed by atoms with E-state index < -0.39 is 53.5 Å². The summed E-state index contributed by atoms with van der Waals surface area (Å²) in [6.45, 7) is 10.5. The SMILES string of the molecule is CCOC(=O)CC(NC(=O)C(CC(C)C)n1cc(CCN2CC(OC)C2)c(C(F)(F)F)cc1=O)c1cc(-c2c(C)cccc2C)cc(Cl)c1F. The summed E-state index contributed by atoms with van der Waals surface area (Å²) < 4.78 is 69.7. The minimum absolute atomic E-state index is 0.00821. The summed E-state index contributed by atoms with van der Waals surface area (Å²) in [5.41, 5.74) is 0.857. The molecule has 1 aromatic heterocycles. The number of pyridine rings is 1. The first kappa shape index (κ1) is 39.1. The third-order valence-electron chi connectivity index (χ3n) is 8.95. The lowest BCUT2D eigenvalue weighted by molar-refractivity contribution is -0.144. The van der Waals surface area contributed by atoms with Crippen molar-refractivity contribution in [2.75, 3.05) is 33.4 Å². The number of halogens is 5. The molecule has 8 nitrogen and oxygen atoms in total. The molecule has 13 heteroatoms. The lowest BCUT2D eigenvalue weighted by Crippen LogP contribution is -2.52. The van der Waals surface area contributed by atoms with Crippen LogP contribution in [0.25, 0.3) is 11.1 Å². The first-order valence-electron chi connectivity index (χ1n) is 16.6. The third-order valence-corrected chi connectivity index (χ3v) is 9.23. The van der Waals surface area contributed by atoms with Gasteiger partial charge in [-0.3, -0.25) is 19.3 Å². The molecule has 1 amide bonds. The average Bonchev–Trinajstić information content (AvgIpc) is 3.00. The lowest BCUT2D eigenvalue weighted by atomic mass is 9.92. The Kier molecular flexibility index (Phi) is 12.9. The van der Waals surface area contributed by atoms with Crippen molar-refractivity contribution in [2.45, 2.75) is 78.2 Å². The smallest absolute Gasteiger partial charge is 0.416 e. The first-order valence-corrected chi connectivity index (χ1v) is 17.0.